The molecule has 1 aliphatic rings. The van der Waals surface area contributed by atoms with E-state index in [9.17, 15) is 4.79 Å². The molecule has 1 saturated carbocycles. The number of nitrogens with one attached hydrogen (secondary N) is 1. The number of hydrogen-bond donors (Lipinski definition) is 1. The van der Waals surface area contributed by atoms with E-state index in [1.54, 1.807) is 0 Å². The Morgan fingerprint density at radius 3 is 2.92 bits per heavy atom. The molecule has 13 heavy (non-hydrogen) atoms. The number of halogens is 2. The molecule has 6 heteroatoms. The van der Waals surface area contributed by atoms with Crippen molar-refractivity contribution in [2.45, 2.75) is 10.8 Å². The van der Waals surface area contributed by atoms with Crippen LogP contribution in [-0.2, 0) is 4.79 Å². The van der Waals surface area contributed by atoms with Gasteiger partial charge in [0, 0.05) is 0 Å². The number of anilines is 1. The fourth-order valence-corrected chi connectivity index (χ4v) is 1.48. The van der Waals surface area contributed by atoms with E-state index >= 15 is 0 Å². The van der Waals surface area contributed by atoms with Crippen molar-refractivity contribution in [1.29, 1.82) is 0 Å². The lowest BCUT2D eigenvalue weighted by Gasteiger charge is -1.99. The van der Waals surface area contributed by atoms with Gasteiger partial charge in [-0.2, -0.15) is 0 Å². The van der Waals surface area contributed by atoms with Gasteiger partial charge in [-0.3, -0.25) is 10.1 Å². The van der Waals surface area contributed by atoms with Crippen LogP contribution in [0.25, 0.3) is 0 Å². The molecule has 0 spiro atoms. The number of hydrogen-bond acceptors (Lipinski definition) is 3. The minimum Gasteiger partial charge on any atom is -0.432 e. The molecule has 1 aliphatic carbocycles. The number of amides is 1. The highest BCUT2D eigenvalue weighted by molar-refractivity contribution is 6.52. The van der Waals surface area contributed by atoms with E-state index < -0.39 is 4.33 Å². The maximum absolute atomic E-state index is 11.3. The summed E-state index contributed by atoms with van der Waals surface area (Å²) < 4.78 is 3.91. The second-order valence-electron chi connectivity index (χ2n) is 2.84. The predicted octanol–water partition coefficient (Wildman–Crippen LogP) is 1.81. The molecule has 70 valence electrons. The topological polar surface area (TPSA) is 55.1 Å². The average Bonchev–Trinajstić information content (AvgIpc) is 2.49. The SMILES string of the molecule is O=C(Nc1ncco1)C1CC1(Cl)Cl. The van der Waals surface area contributed by atoms with Gasteiger partial charge >= 0.3 is 6.01 Å². The van der Waals surface area contributed by atoms with Crippen LogP contribution in [0.5, 0.6) is 0 Å². The molecule has 1 atom stereocenters. The van der Waals surface area contributed by atoms with Crippen LogP contribution in [0.4, 0.5) is 6.01 Å². The monoisotopic (exact) mass is 220 g/mol. The number of nitrogens with zero attached hydrogens (tertiary/aromatic N) is 1. The van der Waals surface area contributed by atoms with E-state index in [-0.39, 0.29) is 17.8 Å². The second-order valence-corrected chi connectivity index (χ2v) is 4.39. The van der Waals surface area contributed by atoms with Crippen LogP contribution in [0.3, 0.4) is 0 Å². The molecule has 1 heterocycles. The standard InChI is InChI=1S/C7H6Cl2N2O2/c8-7(9)3-4(7)5(12)11-6-10-1-2-13-6/h1-2,4H,3H2,(H,10,11,12). The van der Waals surface area contributed by atoms with E-state index in [1.807, 2.05) is 0 Å². The Balaban J connectivity index is 1.94. The molecule has 0 aliphatic heterocycles. The summed E-state index contributed by atoms with van der Waals surface area (Å²) in [7, 11) is 0. The first-order chi connectivity index (χ1) is 6.09. The molecule has 1 aromatic rings. The van der Waals surface area contributed by atoms with E-state index in [4.69, 9.17) is 27.6 Å². The van der Waals surface area contributed by atoms with Gasteiger partial charge in [-0.05, 0) is 6.42 Å². The van der Waals surface area contributed by atoms with E-state index in [0.717, 1.165) is 0 Å². The fourth-order valence-electron chi connectivity index (χ4n) is 0.975. The normalized spacial score (nSPS) is 24.0. The first-order valence-corrected chi connectivity index (χ1v) is 4.43. The van der Waals surface area contributed by atoms with Crippen molar-refractivity contribution in [2.75, 3.05) is 5.32 Å². The van der Waals surface area contributed by atoms with Crippen LogP contribution in [0.2, 0.25) is 0 Å². The molecule has 0 saturated heterocycles. The summed E-state index contributed by atoms with van der Waals surface area (Å²) in [6, 6.07) is 0.168. The Morgan fingerprint density at radius 1 is 1.77 bits per heavy atom. The molecule has 0 bridgehead atoms. The number of carbonyl (C=O) groups is 1. The maximum atomic E-state index is 11.3. The Labute approximate surface area is 84.2 Å². The number of carbonyl (C=O) groups excluding carboxylic acids is 1. The van der Waals surface area contributed by atoms with Crippen molar-refractivity contribution in [3.05, 3.63) is 12.5 Å². The van der Waals surface area contributed by atoms with Crippen LogP contribution in [0.15, 0.2) is 16.9 Å². The van der Waals surface area contributed by atoms with Crippen molar-refractivity contribution in [1.82, 2.24) is 4.98 Å². The molecular weight excluding hydrogens is 215 g/mol. The number of aromatic nitrogens is 1. The van der Waals surface area contributed by atoms with Gasteiger partial charge in [0.05, 0.1) is 12.1 Å². The molecule has 0 aromatic carbocycles. The van der Waals surface area contributed by atoms with Gasteiger partial charge in [0.1, 0.15) is 10.6 Å². The Morgan fingerprint density at radius 2 is 2.46 bits per heavy atom. The molecule has 4 nitrogen and oxygen atoms in total. The second kappa shape index (κ2) is 2.89. The largest absolute Gasteiger partial charge is 0.432 e. The number of rotatable bonds is 2. The molecule has 1 aromatic heterocycles. The maximum Gasteiger partial charge on any atom is 0.301 e. The molecule has 1 unspecified atom stereocenters. The summed E-state index contributed by atoms with van der Waals surface area (Å²) in [5.74, 6) is -0.616. The number of oxazole rings is 1. The van der Waals surface area contributed by atoms with Crippen LogP contribution < -0.4 is 5.32 Å². The van der Waals surface area contributed by atoms with E-state index in [2.05, 4.69) is 10.3 Å². The highest BCUT2D eigenvalue weighted by Gasteiger charge is 2.56. The lowest BCUT2D eigenvalue weighted by atomic mass is 10.4. The third kappa shape index (κ3) is 1.78. The predicted molar refractivity (Wildman–Crippen MR) is 47.7 cm³/mol. The van der Waals surface area contributed by atoms with Crippen molar-refractivity contribution in [3.8, 4) is 0 Å². The zero-order valence-electron chi connectivity index (χ0n) is 6.46. The van der Waals surface area contributed by atoms with Crippen molar-refractivity contribution in [2.24, 2.45) is 5.92 Å². The first kappa shape index (κ1) is 8.84. The molecule has 1 fully saturated rings. The van der Waals surface area contributed by atoms with Gasteiger partial charge in [0.15, 0.2) is 0 Å². The summed E-state index contributed by atoms with van der Waals surface area (Å²) in [6.45, 7) is 0. The zero-order valence-corrected chi connectivity index (χ0v) is 7.97. The fraction of sp³-hybridized carbons (Fsp3) is 0.429. The summed E-state index contributed by atoms with van der Waals surface area (Å²) in [4.78, 5) is 15.0. The van der Waals surface area contributed by atoms with Gasteiger partial charge < -0.3 is 4.42 Å². The Kier molecular flexibility index (Phi) is 1.96. The quantitative estimate of drug-likeness (QED) is 0.774. The lowest BCUT2D eigenvalue weighted by Crippen LogP contribution is -2.16. The minimum absolute atomic E-state index is 0.168. The van der Waals surface area contributed by atoms with Gasteiger partial charge in [-0.25, -0.2) is 4.98 Å². The van der Waals surface area contributed by atoms with Crippen molar-refractivity contribution >= 4 is 35.1 Å². The smallest absolute Gasteiger partial charge is 0.301 e. The van der Waals surface area contributed by atoms with Gasteiger partial charge in [0.2, 0.25) is 5.91 Å². The molecular formula is C7H6Cl2N2O2. The molecule has 1 N–H and O–H groups in total. The van der Waals surface area contributed by atoms with Crippen LogP contribution in [0, 0.1) is 5.92 Å². The first-order valence-electron chi connectivity index (χ1n) is 3.68. The summed E-state index contributed by atoms with van der Waals surface area (Å²) in [6.07, 6.45) is 3.29. The van der Waals surface area contributed by atoms with E-state index in [0.29, 0.717) is 6.42 Å². The van der Waals surface area contributed by atoms with Crippen LogP contribution >= 0.6 is 23.2 Å². The highest BCUT2D eigenvalue weighted by atomic mass is 35.5. The van der Waals surface area contributed by atoms with Gasteiger partial charge in [-0.1, -0.05) is 0 Å². The molecule has 0 radical (unpaired) electrons. The van der Waals surface area contributed by atoms with Crippen molar-refractivity contribution in [3.63, 3.8) is 0 Å². The summed E-state index contributed by atoms with van der Waals surface area (Å²) in [5.41, 5.74) is 0. The van der Waals surface area contributed by atoms with E-state index in [1.165, 1.54) is 12.5 Å². The third-order valence-corrected chi connectivity index (χ3v) is 2.64. The number of alkyl halides is 2. The molecule has 1 amide bonds. The van der Waals surface area contributed by atoms with Gasteiger partial charge in [-0.15, -0.1) is 23.2 Å². The highest BCUT2D eigenvalue weighted by Crippen LogP contribution is 2.53. The Hall–Kier alpha value is -0.740. The average molecular weight is 221 g/mol. The van der Waals surface area contributed by atoms with Crippen molar-refractivity contribution < 1.29 is 9.21 Å². The van der Waals surface area contributed by atoms with Crippen LogP contribution in [-0.4, -0.2) is 15.2 Å². The summed E-state index contributed by atoms with van der Waals surface area (Å²) >= 11 is 11.4. The Bertz CT molecular complexity index is 323. The third-order valence-electron chi connectivity index (χ3n) is 1.80. The lowest BCUT2D eigenvalue weighted by molar-refractivity contribution is -0.117. The van der Waals surface area contributed by atoms with Gasteiger partial charge in [0.25, 0.3) is 0 Å². The zero-order chi connectivity index (χ0) is 9.47. The van der Waals surface area contributed by atoms with Crippen LogP contribution in [0.1, 0.15) is 6.42 Å². The minimum atomic E-state index is -0.906. The summed E-state index contributed by atoms with van der Waals surface area (Å²) in [5, 5.41) is 2.45. The molecule has 2 rings (SSSR count).